The molecule has 0 saturated heterocycles. The quantitative estimate of drug-likeness (QED) is 0.495. The molecule has 3 N–H and O–H groups in total. The Kier molecular flexibility index (Phi) is 5.59. The molecule has 11 heteroatoms. The fourth-order valence-electron chi connectivity index (χ4n) is 4.48. The highest BCUT2D eigenvalue weighted by molar-refractivity contribution is 7.94. The van der Waals surface area contributed by atoms with Crippen molar-refractivity contribution in [1.29, 1.82) is 0 Å². The average molecular weight is 496 g/mol. The maximum atomic E-state index is 13.4. The molecular weight excluding hydrogens is 470 g/mol. The maximum absolute atomic E-state index is 13.4. The number of carbonyl (C=O) groups excluding carboxylic acids is 2. The van der Waals surface area contributed by atoms with Crippen molar-refractivity contribution < 1.29 is 18.0 Å². The van der Waals surface area contributed by atoms with Crippen LogP contribution in [0.15, 0.2) is 40.5 Å². The first-order valence-corrected chi connectivity index (χ1v) is 13.1. The van der Waals surface area contributed by atoms with Crippen LogP contribution in [0.25, 0.3) is 10.9 Å². The fourth-order valence-corrected chi connectivity index (χ4v) is 5.71. The van der Waals surface area contributed by atoms with Gasteiger partial charge in [0.15, 0.2) is 15.7 Å². The number of amides is 2. The van der Waals surface area contributed by atoms with Gasteiger partial charge in [-0.05, 0) is 48.8 Å². The third kappa shape index (κ3) is 4.39. The SMILES string of the molecule is Cc1cc(NC(=O)c2c(C3CCC3)ccc3cc(C(=O)N[C@@H]4C=CS(=O)(=O)C4)c(=O)[nH]c23)nn1C. The zero-order valence-electron chi connectivity index (χ0n) is 19.3. The number of anilines is 1. The van der Waals surface area contributed by atoms with E-state index in [1.54, 1.807) is 23.9 Å². The largest absolute Gasteiger partial charge is 0.345 e. The van der Waals surface area contributed by atoms with Crippen molar-refractivity contribution >= 4 is 38.4 Å². The van der Waals surface area contributed by atoms with Crippen molar-refractivity contribution in [2.45, 2.75) is 38.1 Å². The number of fused-ring (bicyclic) bond motifs is 1. The summed E-state index contributed by atoms with van der Waals surface area (Å²) < 4.78 is 24.9. The van der Waals surface area contributed by atoms with Crippen LogP contribution in [0.1, 0.15) is 57.2 Å². The van der Waals surface area contributed by atoms with E-state index in [1.165, 1.54) is 12.1 Å². The highest BCUT2D eigenvalue weighted by Crippen LogP contribution is 2.39. The Morgan fingerprint density at radius 2 is 1.94 bits per heavy atom. The first-order chi connectivity index (χ1) is 16.6. The van der Waals surface area contributed by atoms with Crippen LogP contribution in [0.5, 0.6) is 0 Å². The molecule has 35 heavy (non-hydrogen) atoms. The lowest BCUT2D eigenvalue weighted by Crippen LogP contribution is -2.38. The predicted molar refractivity (Wildman–Crippen MR) is 131 cm³/mol. The number of benzene rings is 1. The second-order valence-electron chi connectivity index (χ2n) is 9.12. The minimum Gasteiger partial charge on any atom is -0.345 e. The summed E-state index contributed by atoms with van der Waals surface area (Å²) in [6.07, 6.45) is 4.37. The van der Waals surface area contributed by atoms with Gasteiger partial charge < -0.3 is 15.6 Å². The molecule has 1 aliphatic heterocycles. The molecule has 1 fully saturated rings. The van der Waals surface area contributed by atoms with Gasteiger partial charge in [0.25, 0.3) is 17.4 Å². The van der Waals surface area contributed by atoms with Gasteiger partial charge in [-0.2, -0.15) is 5.10 Å². The third-order valence-corrected chi connectivity index (χ3v) is 8.07. The lowest BCUT2D eigenvalue weighted by atomic mass is 9.77. The van der Waals surface area contributed by atoms with Gasteiger partial charge in [-0.1, -0.05) is 18.6 Å². The number of hydrogen-bond donors (Lipinski definition) is 3. The van der Waals surface area contributed by atoms with Crippen molar-refractivity contribution in [3.05, 3.63) is 68.5 Å². The zero-order chi connectivity index (χ0) is 24.9. The van der Waals surface area contributed by atoms with E-state index in [9.17, 15) is 22.8 Å². The zero-order valence-corrected chi connectivity index (χ0v) is 20.1. The van der Waals surface area contributed by atoms with Crippen LogP contribution >= 0.6 is 0 Å². The molecule has 0 bridgehead atoms. The molecule has 10 nitrogen and oxygen atoms in total. The molecule has 3 aromatic rings. The van der Waals surface area contributed by atoms with Crippen LogP contribution in [0.2, 0.25) is 0 Å². The molecule has 2 aliphatic rings. The summed E-state index contributed by atoms with van der Waals surface area (Å²) in [6, 6.07) is 6.15. The number of pyridine rings is 1. The van der Waals surface area contributed by atoms with E-state index in [0.29, 0.717) is 22.3 Å². The molecule has 0 radical (unpaired) electrons. The highest BCUT2D eigenvalue weighted by atomic mass is 32.2. The van der Waals surface area contributed by atoms with Crippen LogP contribution in [-0.2, 0) is 16.9 Å². The summed E-state index contributed by atoms with van der Waals surface area (Å²) in [5.41, 5.74) is 1.63. The van der Waals surface area contributed by atoms with Gasteiger partial charge in [0.05, 0.1) is 22.9 Å². The number of hydrogen-bond acceptors (Lipinski definition) is 6. The maximum Gasteiger partial charge on any atom is 0.261 e. The average Bonchev–Trinajstić information content (AvgIpc) is 3.25. The molecule has 0 spiro atoms. The number of rotatable bonds is 5. The number of carbonyl (C=O) groups is 2. The Hall–Kier alpha value is -3.73. The highest BCUT2D eigenvalue weighted by Gasteiger charge is 2.28. The van der Waals surface area contributed by atoms with Gasteiger partial charge in [0.1, 0.15) is 5.56 Å². The molecule has 2 aromatic heterocycles. The number of nitrogens with zero attached hydrogens (tertiary/aromatic N) is 2. The van der Waals surface area contributed by atoms with Crippen LogP contribution in [0.3, 0.4) is 0 Å². The second kappa shape index (κ2) is 8.49. The van der Waals surface area contributed by atoms with Crippen molar-refractivity contribution in [3.63, 3.8) is 0 Å². The summed E-state index contributed by atoms with van der Waals surface area (Å²) in [6.45, 7) is 1.88. The summed E-state index contributed by atoms with van der Waals surface area (Å²) in [5.74, 6) is -0.688. The van der Waals surface area contributed by atoms with Gasteiger partial charge in [-0.3, -0.25) is 19.1 Å². The van der Waals surface area contributed by atoms with Gasteiger partial charge in [0.2, 0.25) is 0 Å². The smallest absolute Gasteiger partial charge is 0.261 e. The minimum atomic E-state index is -3.35. The number of H-pyrrole nitrogens is 1. The molecule has 1 atom stereocenters. The van der Waals surface area contributed by atoms with Gasteiger partial charge in [-0.25, -0.2) is 8.42 Å². The van der Waals surface area contributed by atoms with Gasteiger partial charge >= 0.3 is 0 Å². The summed E-state index contributed by atoms with van der Waals surface area (Å²) in [5, 5.41) is 11.3. The Balaban J connectivity index is 1.53. The van der Waals surface area contributed by atoms with Crippen molar-refractivity contribution in [2.75, 3.05) is 11.1 Å². The Morgan fingerprint density at radius 1 is 1.17 bits per heavy atom. The molecule has 182 valence electrons. The van der Waals surface area contributed by atoms with E-state index in [-0.39, 0.29) is 23.1 Å². The molecule has 3 heterocycles. The Bertz CT molecular complexity index is 1540. The van der Waals surface area contributed by atoms with Gasteiger partial charge in [0, 0.05) is 24.2 Å². The molecule has 0 unspecified atom stereocenters. The fraction of sp³-hybridized carbons (Fsp3) is 0.333. The molecular formula is C24H25N5O5S. The van der Waals surface area contributed by atoms with Crippen molar-refractivity contribution in [2.24, 2.45) is 7.05 Å². The van der Waals surface area contributed by atoms with Gasteiger partial charge in [-0.15, -0.1) is 0 Å². The predicted octanol–water partition coefficient (Wildman–Crippen LogP) is 2.13. The lowest BCUT2D eigenvalue weighted by Gasteiger charge is -2.28. The van der Waals surface area contributed by atoms with E-state index < -0.39 is 27.3 Å². The molecule has 1 saturated carbocycles. The van der Waals surface area contributed by atoms with E-state index in [1.807, 2.05) is 13.0 Å². The number of sulfone groups is 1. The monoisotopic (exact) mass is 495 g/mol. The standard InChI is InChI=1S/C24H25N5O5S/c1-13-10-19(28-29(13)2)26-24(32)20-17(14-4-3-5-14)7-6-15-11-18(23(31)27-21(15)20)22(30)25-16-8-9-35(33,34)12-16/h6-11,14,16H,3-5,12H2,1-2H3,(H,25,30)(H,27,31)(H,26,28,32)/t16-/m1/s1. The summed E-state index contributed by atoms with van der Waals surface area (Å²) in [4.78, 5) is 41.8. The van der Waals surface area contributed by atoms with Crippen molar-refractivity contribution in [3.8, 4) is 0 Å². The van der Waals surface area contributed by atoms with Crippen LogP contribution in [0.4, 0.5) is 5.82 Å². The van der Waals surface area contributed by atoms with E-state index >= 15 is 0 Å². The number of aromatic nitrogens is 3. The molecule has 1 aromatic carbocycles. The molecule has 2 amide bonds. The topological polar surface area (TPSA) is 143 Å². The normalized spacial score (nSPS) is 19.0. The van der Waals surface area contributed by atoms with E-state index in [4.69, 9.17) is 0 Å². The first-order valence-electron chi connectivity index (χ1n) is 11.3. The van der Waals surface area contributed by atoms with Crippen LogP contribution < -0.4 is 16.2 Å². The molecule has 1 aliphatic carbocycles. The Labute approximate surface area is 201 Å². The number of aromatic amines is 1. The van der Waals surface area contributed by atoms with E-state index in [0.717, 1.165) is 35.9 Å². The molecule has 5 rings (SSSR count). The second-order valence-corrected chi connectivity index (χ2v) is 11.1. The Morgan fingerprint density at radius 3 is 2.54 bits per heavy atom. The summed E-state index contributed by atoms with van der Waals surface area (Å²) in [7, 11) is -1.57. The first kappa shape index (κ1) is 23.0. The third-order valence-electron chi connectivity index (χ3n) is 6.67. The van der Waals surface area contributed by atoms with Crippen LogP contribution in [-0.4, -0.2) is 46.8 Å². The number of nitrogens with one attached hydrogen (secondary N) is 3. The lowest BCUT2D eigenvalue weighted by molar-refractivity contribution is 0.0945. The number of aryl methyl sites for hydroxylation is 2. The minimum absolute atomic E-state index is 0.154. The van der Waals surface area contributed by atoms with E-state index in [2.05, 4.69) is 20.7 Å². The van der Waals surface area contributed by atoms with Crippen molar-refractivity contribution in [1.82, 2.24) is 20.1 Å². The van der Waals surface area contributed by atoms with Crippen LogP contribution in [0, 0.1) is 6.92 Å². The summed E-state index contributed by atoms with van der Waals surface area (Å²) >= 11 is 0.